The lowest BCUT2D eigenvalue weighted by Crippen LogP contribution is -2.54. The number of carboxylic acid groups (broad SMARTS) is 1. The summed E-state index contributed by atoms with van der Waals surface area (Å²) < 4.78 is 64.1. The van der Waals surface area contributed by atoms with Gasteiger partial charge in [0, 0.05) is 0 Å². The average Bonchev–Trinajstić information content (AvgIpc) is 3.02. The Bertz CT molecular complexity index is 802. The van der Waals surface area contributed by atoms with Crippen LogP contribution in [0.25, 0.3) is 0 Å². The molecule has 3 N–H and O–H groups in total. The number of sulfonamides is 1. The lowest BCUT2D eigenvalue weighted by Gasteiger charge is -2.25. The van der Waals surface area contributed by atoms with Gasteiger partial charge in [-0.3, -0.25) is 4.79 Å². The highest BCUT2D eigenvalue weighted by molar-refractivity contribution is 7.89. The Hall–Kier alpha value is -2.14. The Kier molecular flexibility index (Phi) is 5.61. The largest absolute Gasteiger partial charge is 0.480 e. The Labute approximate surface area is 147 Å². The van der Waals surface area contributed by atoms with Crippen molar-refractivity contribution in [2.24, 2.45) is 0 Å². The number of alkyl halides is 3. The molecule has 0 atom stereocenters. The maximum atomic E-state index is 12.7. The summed E-state index contributed by atoms with van der Waals surface area (Å²) in [6.07, 6.45) is -3.02. The molecule has 1 aliphatic carbocycles. The number of carbonyl (C=O) groups excluding carboxylic acids is 1. The van der Waals surface area contributed by atoms with Gasteiger partial charge >= 0.3 is 12.1 Å². The molecule has 0 aromatic heterocycles. The summed E-state index contributed by atoms with van der Waals surface area (Å²) in [6.45, 7) is -0.784. The predicted molar refractivity (Wildman–Crippen MR) is 83.6 cm³/mol. The van der Waals surface area contributed by atoms with Crippen molar-refractivity contribution in [2.45, 2.75) is 42.3 Å². The second-order valence-corrected chi connectivity index (χ2v) is 7.76. The van der Waals surface area contributed by atoms with E-state index in [0.29, 0.717) is 18.9 Å². The van der Waals surface area contributed by atoms with Gasteiger partial charge in [0.1, 0.15) is 5.54 Å². The van der Waals surface area contributed by atoms with Crippen molar-refractivity contribution in [3.8, 4) is 0 Å². The van der Waals surface area contributed by atoms with Crippen LogP contribution in [0.4, 0.5) is 13.2 Å². The van der Waals surface area contributed by atoms with Crippen LogP contribution in [-0.4, -0.2) is 37.5 Å². The van der Waals surface area contributed by atoms with Crippen molar-refractivity contribution < 1.29 is 36.3 Å². The van der Waals surface area contributed by atoms with E-state index < -0.39 is 50.6 Å². The van der Waals surface area contributed by atoms with Crippen LogP contribution in [0.3, 0.4) is 0 Å². The fourth-order valence-corrected chi connectivity index (χ4v) is 3.79. The van der Waals surface area contributed by atoms with Crippen molar-refractivity contribution in [3.63, 3.8) is 0 Å². The standard InChI is InChI=1S/C15H17F3N2O5S/c16-15(17,18)10-4-3-5-11(8-10)26(24,25)19-9-12(21)20-14(13(22)23)6-1-2-7-14/h3-5,8,19H,1-2,6-7,9H2,(H,20,21)(H,22,23). The minimum Gasteiger partial charge on any atom is -0.480 e. The molecule has 1 saturated carbocycles. The van der Waals surface area contributed by atoms with Crippen molar-refractivity contribution in [1.29, 1.82) is 0 Å². The van der Waals surface area contributed by atoms with Crippen LogP contribution in [0.1, 0.15) is 31.2 Å². The number of nitrogens with one attached hydrogen (secondary N) is 2. The van der Waals surface area contributed by atoms with E-state index in [2.05, 4.69) is 5.32 Å². The summed E-state index contributed by atoms with van der Waals surface area (Å²) in [7, 11) is -4.37. The molecular formula is C15H17F3N2O5S. The van der Waals surface area contributed by atoms with Crippen LogP contribution in [-0.2, 0) is 25.8 Å². The number of hydrogen-bond donors (Lipinski definition) is 3. The van der Waals surface area contributed by atoms with E-state index in [1.54, 1.807) is 0 Å². The molecule has 144 valence electrons. The van der Waals surface area contributed by atoms with Crippen molar-refractivity contribution in [2.75, 3.05) is 6.54 Å². The first-order valence-electron chi connectivity index (χ1n) is 7.68. The summed E-state index contributed by atoms with van der Waals surface area (Å²) in [5.41, 5.74) is -2.57. The zero-order valence-electron chi connectivity index (χ0n) is 13.5. The molecule has 0 bridgehead atoms. The van der Waals surface area contributed by atoms with Gasteiger partial charge in [-0.1, -0.05) is 18.9 Å². The first kappa shape index (κ1) is 20.2. The summed E-state index contributed by atoms with van der Waals surface area (Å²) in [6, 6.07) is 3.08. The molecule has 0 heterocycles. The van der Waals surface area contributed by atoms with E-state index in [0.717, 1.165) is 18.2 Å². The Balaban J connectivity index is 2.06. The smallest absolute Gasteiger partial charge is 0.416 e. The fourth-order valence-electron chi connectivity index (χ4n) is 2.77. The van der Waals surface area contributed by atoms with Crippen LogP contribution < -0.4 is 10.0 Å². The second-order valence-electron chi connectivity index (χ2n) is 5.99. The van der Waals surface area contributed by atoms with Crippen LogP contribution >= 0.6 is 0 Å². The third-order valence-corrected chi connectivity index (χ3v) is 5.54. The molecule has 0 spiro atoms. The van der Waals surface area contributed by atoms with Crippen LogP contribution in [0.2, 0.25) is 0 Å². The Morgan fingerprint density at radius 2 is 1.81 bits per heavy atom. The third-order valence-electron chi connectivity index (χ3n) is 4.14. The minimum absolute atomic E-state index is 0.231. The first-order chi connectivity index (χ1) is 12.0. The molecule has 11 heteroatoms. The number of benzene rings is 1. The maximum absolute atomic E-state index is 12.7. The molecule has 1 aromatic rings. The molecular weight excluding hydrogens is 377 g/mol. The van der Waals surface area contributed by atoms with E-state index in [1.165, 1.54) is 0 Å². The predicted octanol–water partition coefficient (Wildman–Crippen LogP) is 1.50. The highest BCUT2D eigenvalue weighted by Crippen LogP contribution is 2.31. The number of hydrogen-bond acceptors (Lipinski definition) is 4. The van der Waals surface area contributed by atoms with Gasteiger partial charge < -0.3 is 10.4 Å². The molecule has 1 aromatic carbocycles. The molecule has 26 heavy (non-hydrogen) atoms. The van der Waals surface area contributed by atoms with Gasteiger partial charge in [-0.2, -0.15) is 13.2 Å². The number of rotatable bonds is 6. The molecule has 1 fully saturated rings. The zero-order valence-corrected chi connectivity index (χ0v) is 14.3. The maximum Gasteiger partial charge on any atom is 0.416 e. The monoisotopic (exact) mass is 394 g/mol. The van der Waals surface area contributed by atoms with Crippen molar-refractivity contribution >= 4 is 21.9 Å². The van der Waals surface area contributed by atoms with E-state index in [-0.39, 0.29) is 12.8 Å². The number of aliphatic carboxylic acids is 1. The van der Waals surface area contributed by atoms with Crippen LogP contribution in [0.5, 0.6) is 0 Å². The third kappa shape index (κ3) is 4.52. The van der Waals surface area contributed by atoms with E-state index in [1.807, 2.05) is 4.72 Å². The van der Waals surface area contributed by atoms with Crippen molar-refractivity contribution in [3.05, 3.63) is 29.8 Å². The normalized spacial score (nSPS) is 17.0. The van der Waals surface area contributed by atoms with E-state index in [4.69, 9.17) is 0 Å². The lowest BCUT2D eigenvalue weighted by atomic mass is 9.98. The number of halogens is 3. The topological polar surface area (TPSA) is 113 Å². The summed E-state index contributed by atoms with van der Waals surface area (Å²) in [4.78, 5) is 22.6. The zero-order chi connectivity index (χ0) is 19.6. The Morgan fingerprint density at radius 3 is 2.35 bits per heavy atom. The fraction of sp³-hybridized carbons (Fsp3) is 0.467. The van der Waals surface area contributed by atoms with Gasteiger partial charge in [0.15, 0.2) is 0 Å². The van der Waals surface area contributed by atoms with Crippen LogP contribution in [0.15, 0.2) is 29.2 Å². The average molecular weight is 394 g/mol. The molecule has 1 amide bonds. The minimum atomic E-state index is -4.71. The number of amides is 1. The molecule has 1 aliphatic rings. The highest BCUT2D eigenvalue weighted by atomic mass is 32.2. The molecule has 2 rings (SSSR count). The van der Waals surface area contributed by atoms with Gasteiger partial charge in [-0.15, -0.1) is 0 Å². The molecule has 0 saturated heterocycles. The van der Waals surface area contributed by atoms with Gasteiger partial charge in [0.05, 0.1) is 17.0 Å². The van der Waals surface area contributed by atoms with Gasteiger partial charge in [0.2, 0.25) is 15.9 Å². The van der Waals surface area contributed by atoms with Crippen molar-refractivity contribution in [1.82, 2.24) is 10.0 Å². The van der Waals surface area contributed by atoms with Gasteiger partial charge in [-0.25, -0.2) is 17.9 Å². The first-order valence-corrected chi connectivity index (χ1v) is 9.16. The summed E-state index contributed by atoms with van der Waals surface area (Å²) in [5.74, 6) is -2.08. The summed E-state index contributed by atoms with van der Waals surface area (Å²) >= 11 is 0. The Morgan fingerprint density at radius 1 is 1.19 bits per heavy atom. The lowest BCUT2D eigenvalue weighted by molar-refractivity contribution is -0.147. The quantitative estimate of drug-likeness (QED) is 0.677. The molecule has 0 unspecified atom stereocenters. The highest BCUT2D eigenvalue weighted by Gasteiger charge is 2.42. The molecule has 0 radical (unpaired) electrons. The van der Waals surface area contributed by atoms with E-state index in [9.17, 15) is 36.3 Å². The number of carboxylic acids is 1. The second kappa shape index (κ2) is 7.23. The van der Waals surface area contributed by atoms with E-state index >= 15 is 0 Å². The van der Waals surface area contributed by atoms with Gasteiger partial charge in [0.25, 0.3) is 0 Å². The summed E-state index contributed by atoms with van der Waals surface area (Å²) in [5, 5.41) is 11.6. The molecule has 7 nitrogen and oxygen atoms in total. The van der Waals surface area contributed by atoms with Crippen LogP contribution in [0, 0.1) is 0 Å². The number of carbonyl (C=O) groups is 2. The molecule has 0 aliphatic heterocycles. The van der Waals surface area contributed by atoms with Gasteiger partial charge in [-0.05, 0) is 31.0 Å². The SMILES string of the molecule is O=C(CNS(=O)(=O)c1cccc(C(F)(F)F)c1)NC1(C(=O)O)CCCC1.